The maximum absolute atomic E-state index is 4.57. The topological polar surface area (TPSA) is 67.1 Å². The second-order valence-electron chi connectivity index (χ2n) is 4.57. The average molecular weight is 306 g/mol. The maximum Gasteiger partial charge on any atom is 0.191 e. The Labute approximate surface area is 129 Å². The zero-order chi connectivity index (χ0) is 14.9. The molecule has 2 N–H and O–H groups in total. The molecule has 2 aromatic heterocycles. The maximum atomic E-state index is 4.57. The van der Waals surface area contributed by atoms with Gasteiger partial charge in [0.05, 0.1) is 11.6 Å². The number of hydrogen-bond donors (Lipinski definition) is 2. The summed E-state index contributed by atoms with van der Waals surface area (Å²) in [6.45, 7) is 7.35. The average Bonchev–Trinajstić information content (AvgIpc) is 3.11. The van der Waals surface area contributed by atoms with Gasteiger partial charge in [0, 0.05) is 49.5 Å². The van der Waals surface area contributed by atoms with Crippen molar-refractivity contribution in [2.45, 2.75) is 26.8 Å². The fraction of sp³-hybridized carbons (Fsp3) is 0.500. The Kier molecular flexibility index (Phi) is 6.21. The smallest absolute Gasteiger partial charge is 0.191 e. The van der Waals surface area contributed by atoms with E-state index in [-0.39, 0.29) is 0 Å². The van der Waals surface area contributed by atoms with Gasteiger partial charge in [-0.05, 0) is 19.9 Å². The normalized spacial score (nSPS) is 11.6. The standard InChI is InChI=1S/C14H22N6S/c1-3-15-14(17-8-10-20-9-4-6-19-20)16-7-5-13-18-11-12(2)21-13/h4,6,9,11H,3,5,7-8,10H2,1-2H3,(H2,15,16,17). The number of nitrogens with one attached hydrogen (secondary N) is 2. The van der Waals surface area contributed by atoms with Crippen molar-refractivity contribution in [1.82, 2.24) is 25.4 Å². The van der Waals surface area contributed by atoms with Crippen LogP contribution in [0.4, 0.5) is 0 Å². The molecule has 2 rings (SSSR count). The van der Waals surface area contributed by atoms with Crippen molar-refractivity contribution < 1.29 is 0 Å². The van der Waals surface area contributed by atoms with Gasteiger partial charge in [-0.25, -0.2) is 4.98 Å². The summed E-state index contributed by atoms with van der Waals surface area (Å²) in [4.78, 5) is 10.2. The minimum Gasteiger partial charge on any atom is -0.357 e. The first-order chi connectivity index (χ1) is 10.3. The van der Waals surface area contributed by atoms with Crippen LogP contribution in [0.2, 0.25) is 0 Å². The molecule has 0 amide bonds. The molecule has 0 bridgehead atoms. The molecule has 0 fully saturated rings. The number of guanidine groups is 1. The summed E-state index contributed by atoms with van der Waals surface area (Å²) in [5, 5.41) is 11.9. The van der Waals surface area contributed by atoms with Gasteiger partial charge in [0.15, 0.2) is 5.96 Å². The third-order valence-corrected chi connectivity index (χ3v) is 3.77. The Morgan fingerprint density at radius 3 is 3.00 bits per heavy atom. The van der Waals surface area contributed by atoms with Gasteiger partial charge in [-0.1, -0.05) is 0 Å². The van der Waals surface area contributed by atoms with Crippen LogP contribution in [0.5, 0.6) is 0 Å². The fourth-order valence-corrected chi connectivity index (χ4v) is 2.62. The van der Waals surface area contributed by atoms with E-state index < -0.39 is 0 Å². The molecule has 0 saturated carbocycles. The van der Waals surface area contributed by atoms with Gasteiger partial charge >= 0.3 is 0 Å². The fourth-order valence-electron chi connectivity index (χ4n) is 1.84. The monoisotopic (exact) mass is 306 g/mol. The van der Waals surface area contributed by atoms with E-state index in [1.54, 1.807) is 17.5 Å². The van der Waals surface area contributed by atoms with E-state index in [1.165, 1.54) is 4.88 Å². The lowest BCUT2D eigenvalue weighted by atomic mass is 10.4. The molecule has 0 unspecified atom stereocenters. The second kappa shape index (κ2) is 8.41. The van der Waals surface area contributed by atoms with Crippen LogP contribution in [-0.4, -0.2) is 40.4 Å². The van der Waals surface area contributed by atoms with Crippen LogP contribution in [-0.2, 0) is 13.0 Å². The van der Waals surface area contributed by atoms with Crippen LogP contribution in [0.1, 0.15) is 16.8 Å². The highest BCUT2D eigenvalue weighted by Gasteiger charge is 2.00. The largest absolute Gasteiger partial charge is 0.357 e. The quantitative estimate of drug-likeness (QED) is 0.600. The summed E-state index contributed by atoms with van der Waals surface area (Å²) in [6.07, 6.45) is 6.54. The second-order valence-corrected chi connectivity index (χ2v) is 5.89. The molecule has 0 radical (unpaired) electrons. The molecule has 2 heterocycles. The summed E-state index contributed by atoms with van der Waals surface area (Å²) in [7, 11) is 0. The van der Waals surface area contributed by atoms with E-state index in [0.29, 0.717) is 0 Å². The molecule has 0 spiro atoms. The Balaban J connectivity index is 1.75. The first-order valence-electron chi connectivity index (χ1n) is 7.19. The summed E-state index contributed by atoms with van der Waals surface area (Å²) in [6, 6.07) is 1.93. The van der Waals surface area contributed by atoms with Gasteiger partial charge in [0.2, 0.25) is 0 Å². The molecule has 21 heavy (non-hydrogen) atoms. The predicted octanol–water partition coefficient (Wildman–Crippen LogP) is 1.45. The van der Waals surface area contributed by atoms with E-state index in [0.717, 1.165) is 43.6 Å². The summed E-state index contributed by atoms with van der Waals surface area (Å²) < 4.78 is 1.90. The molecule has 114 valence electrons. The third kappa shape index (κ3) is 5.55. The number of aryl methyl sites for hydroxylation is 1. The van der Waals surface area contributed by atoms with E-state index in [2.05, 4.69) is 39.6 Å². The molecule has 0 aliphatic heterocycles. The van der Waals surface area contributed by atoms with Crippen LogP contribution >= 0.6 is 11.3 Å². The molecule has 2 aromatic rings. The van der Waals surface area contributed by atoms with Gasteiger partial charge in [0.1, 0.15) is 0 Å². The van der Waals surface area contributed by atoms with Crippen LogP contribution in [0, 0.1) is 6.92 Å². The van der Waals surface area contributed by atoms with Crippen molar-refractivity contribution in [2.75, 3.05) is 19.6 Å². The number of nitrogens with zero attached hydrogens (tertiary/aromatic N) is 4. The molecular formula is C14H22N6S. The van der Waals surface area contributed by atoms with E-state index in [4.69, 9.17) is 0 Å². The van der Waals surface area contributed by atoms with Crippen molar-refractivity contribution in [2.24, 2.45) is 4.99 Å². The first kappa shape index (κ1) is 15.5. The van der Waals surface area contributed by atoms with Crippen LogP contribution in [0.3, 0.4) is 0 Å². The molecule has 6 nitrogen and oxygen atoms in total. The Hall–Kier alpha value is -1.89. The van der Waals surface area contributed by atoms with Crippen molar-refractivity contribution in [3.05, 3.63) is 34.5 Å². The van der Waals surface area contributed by atoms with Gasteiger partial charge < -0.3 is 10.6 Å². The van der Waals surface area contributed by atoms with Gasteiger partial charge in [-0.15, -0.1) is 11.3 Å². The molecule has 0 aliphatic rings. The molecule has 0 saturated heterocycles. The zero-order valence-electron chi connectivity index (χ0n) is 12.5. The number of thiazole rings is 1. The third-order valence-electron chi connectivity index (χ3n) is 2.80. The molecule has 0 atom stereocenters. The Bertz CT molecular complexity index is 546. The minimum absolute atomic E-state index is 0.740. The zero-order valence-corrected chi connectivity index (χ0v) is 13.4. The SMILES string of the molecule is CCNC(=NCCc1ncc(C)s1)NCCn1cccn1. The highest BCUT2D eigenvalue weighted by Crippen LogP contribution is 2.11. The lowest BCUT2D eigenvalue weighted by Gasteiger charge is -2.11. The van der Waals surface area contributed by atoms with Crippen LogP contribution < -0.4 is 10.6 Å². The number of rotatable bonds is 7. The number of hydrogen-bond acceptors (Lipinski definition) is 4. The summed E-state index contributed by atoms with van der Waals surface area (Å²) >= 11 is 1.74. The predicted molar refractivity (Wildman–Crippen MR) is 86.8 cm³/mol. The van der Waals surface area contributed by atoms with Crippen LogP contribution in [0.15, 0.2) is 29.6 Å². The molecule has 7 heteroatoms. The first-order valence-corrected chi connectivity index (χ1v) is 8.00. The lowest BCUT2D eigenvalue weighted by molar-refractivity contribution is 0.598. The lowest BCUT2D eigenvalue weighted by Crippen LogP contribution is -2.39. The van der Waals surface area contributed by atoms with Crippen LogP contribution in [0.25, 0.3) is 0 Å². The van der Waals surface area contributed by atoms with E-state index in [9.17, 15) is 0 Å². The molecular weight excluding hydrogens is 284 g/mol. The van der Waals surface area contributed by atoms with Crippen molar-refractivity contribution in [1.29, 1.82) is 0 Å². The van der Waals surface area contributed by atoms with Crippen molar-refractivity contribution >= 4 is 17.3 Å². The van der Waals surface area contributed by atoms with E-state index >= 15 is 0 Å². The van der Waals surface area contributed by atoms with E-state index in [1.807, 2.05) is 23.1 Å². The minimum atomic E-state index is 0.740. The Morgan fingerprint density at radius 2 is 2.33 bits per heavy atom. The number of aliphatic imine (C=N–C) groups is 1. The van der Waals surface area contributed by atoms with Crippen molar-refractivity contribution in [3.63, 3.8) is 0 Å². The summed E-state index contributed by atoms with van der Waals surface area (Å²) in [5.74, 6) is 0.845. The van der Waals surface area contributed by atoms with Gasteiger partial charge in [0.25, 0.3) is 0 Å². The molecule has 0 aromatic carbocycles. The molecule has 0 aliphatic carbocycles. The van der Waals surface area contributed by atoms with Crippen molar-refractivity contribution in [3.8, 4) is 0 Å². The van der Waals surface area contributed by atoms with Gasteiger partial charge in [-0.2, -0.15) is 5.10 Å². The Morgan fingerprint density at radius 1 is 1.43 bits per heavy atom. The highest BCUT2D eigenvalue weighted by molar-refractivity contribution is 7.11. The van der Waals surface area contributed by atoms with Gasteiger partial charge in [-0.3, -0.25) is 9.67 Å². The summed E-state index contributed by atoms with van der Waals surface area (Å²) in [5.41, 5.74) is 0. The number of aromatic nitrogens is 3. The highest BCUT2D eigenvalue weighted by atomic mass is 32.1.